The quantitative estimate of drug-likeness (QED) is 0.199. The number of furan rings is 1. The smallest absolute Gasteiger partial charge is 0.144 e. The molecule has 0 bridgehead atoms. The number of thiophene rings is 1. The Morgan fingerprint density at radius 2 is 0.857 bits per heavy atom. The molecular formula is C40H24OS. The van der Waals surface area contributed by atoms with Crippen LogP contribution in [0.25, 0.3) is 86.3 Å². The minimum atomic E-state index is 0.920. The van der Waals surface area contributed by atoms with Crippen molar-refractivity contribution in [2.75, 3.05) is 0 Å². The van der Waals surface area contributed by atoms with Crippen molar-refractivity contribution in [2.45, 2.75) is 0 Å². The highest BCUT2D eigenvalue weighted by molar-refractivity contribution is 7.25. The molecular weight excluding hydrogens is 529 g/mol. The normalized spacial score (nSPS) is 11.8. The summed E-state index contributed by atoms with van der Waals surface area (Å²) in [5, 5.41) is 8.56. The molecule has 2 heterocycles. The fourth-order valence-electron chi connectivity index (χ4n) is 6.67. The van der Waals surface area contributed by atoms with Crippen molar-refractivity contribution >= 4 is 64.0 Å². The first-order valence-corrected chi connectivity index (χ1v) is 15.1. The van der Waals surface area contributed by atoms with E-state index in [4.69, 9.17) is 4.42 Å². The predicted molar refractivity (Wildman–Crippen MR) is 180 cm³/mol. The van der Waals surface area contributed by atoms with Crippen LogP contribution in [0.5, 0.6) is 0 Å². The maximum atomic E-state index is 7.01. The van der Waals surface area contributed by atoms with E-state index in [9.17, 15) is 0 Å². The van der Waals surface area contributed by atoms with Crippen molar-refractivity contribution < 1.29 is 4.42 Å². The van der Waals surface area contributed by atoms with Gasteiger partial charge in [0.15, 0.2) is 0 Å². The van der Waals surface area contributed by atoms with Gasteiger partial charge in [0.25, 0.3) is 0 Å². The molecule has 1 nitrogen and oxygen atoms in total. The van der Waals surface area contributed by atoms with Crippen LogP contribution in [0.4, 0.5) is 0 Å². The second-order valence-electron chi connectivity index (χ2n) is 10.8. The zero-order valence-electron chi connectivity index (χ0n) is 22.7. The van der Waals surface area contributed by atoms with Crippen LogP contribution in [-0.2, 0) is 0 Å². The number of rotatable bonds is 3. The Hall–Kier alpha value is -5.18. The molecule has 9 rings (SSSR count). The van der Waals surface area contributed by atoms with Crippen molar-refractivity contribution in [3.05, 3.63) is 146 Å². The molecule has 42 heavy (non-hydrogen) atoms. The molecule has 0 saturated heterocycles. The van der Waals surface area contributed by atoms with Crippen molar-refractivity contribution in [3.8, 4) is 33.6 Å². The molecule has 0 spiro atoms. The fraction of sp³-hybridized carbons (Fsp3) is 0. The van der Waals surface area contributed by atoms with Crippen molar-refractivity contribution in [2.24, 2.45) is 0 Å². The third-order valence-corrected chi connectivity index (χ3v) is 9.60. The third kappa shape index (κ3) is 3.43. The van der Waals surface area contributed by atoms with Gasteiger partial charge in [0.1, 0.15) is 11.3 Å². The van der Waals surface area contributed by atoms with E-state index in [0.717, 1.165) is 33.4 Å². The van der Waals surface area contributed by atoms with Crippen molar-refractivity contribution in [1.82, 2.24) is 0 Å². The van der Waals surface area contributed by atoms with Crippen LogP contribution < -0.4 is 0 Å². The Balaban J connectivity index is 1.46. The summed E-state index contributed by atoms with van der Waals surface area (Å²) in [6.45, 7) is 0. The number of hydrogen-bond donors (Lipinski definition) is 0. The lowest BCUT2D eigenvalue weighted by atomic mass is 9.86. The highest BCUT2D eigenvalue weighted by Gasteiger charge is 2.24. The minimum absolute atomic E-state index is 0.920. The molecule has 0 unspecified atom stereocenters. The first-order valence-electron chi connectivity index (χ1n) is 14.3. The van der Waals surface area contributed by atoms with E-state index in [1.165, 1.54) is 52.8 Å². The van der Waals surface area contributed by atoms with Crippen LogP contribution in [0.15, 0.2) is 150 Å². The summed E-state index contributed by atoms with van der Waals surface area (Å²) in [5.41, 5.74) is 6.84. The summed E-state index contributed by atoms with van der Waals surface area (Å²) >= 11 is 1.83. The molecule has 7 aromatic carbocycles. The molecule has 2 heteroatoms. The molecule has 0 aliphatic heterocycles. The van der Waals surface area contributed by atoms with Gasteiger partial charge in [-0.3, -0.25) is 0 Å². The lowest BCUT2D eigenvalue weighted by Gasteiger charge is -2.17. The summed E-state index contributed by atoms with van der Waals surface area (Å²) in [6, 6.07) is 52.3. The van der Waals surface area contributed by atoms with Crippen molar-refractivity contribution in [1.29, 1.82) is 0 Å². The largest absolute Gasteiger partial charge is 0.455 e. The predicted octanol–water partition coefficient (Wildman–Crippen LogP) is 12.1. The zero-order chi connectivity index (χ0) is 27.6. The van der Waals surface area contributed by atoms with Gasteiger partial charge in [-0.2, -0.15) is 0 Å². The first-order chi connectivity index (χ1) is 20.8. The number of hydrogen-bond acceptors (Lipinski definition) is 2. The Morgan fingerprint density at radius 1 is 0.357 bits per heavy atom. The van der Waals surface area contributed by atoms with Crippen LogP contribution in [-0.4, -0.2) is 0 Å². The fourth-order valence-corrected chi connectivity index (χ4v) is 7.79. The highest BCUT2D eigenvalue weighted by Crippen LogP contribution is 2.50. The van der Waals surface area contributed by atoms with E-state index in [-0.39, 0.29) is 0 Å². The number of fused-ring (bicyclic) bond motifs is 6. The van der Waals surface area contributed by atoms with E-state index >= 15 is 0 Å². The SMILES string of the molecule is c1ccc(-c2c(-c3c4ccccc4c(-c4ccccc4)c4ccccc34)oc3cc4sc5ccccc5c4cc23)cc1. The summed E-state index contributed by atoms with van der Waals surface area (Å²) in [7, 11) is 0. The van der Waals surface area contributed by atoms with Gasteiger partial charge in [-0.1, -0.05) is 127 Å². The molecule has 0 aliphatic carbocycles. The van der Waals surface area contributed by atoms with Gasteiger partial charge in [0.2, 0.25) is 0 Å². The lowest BCUT2D eigenvalue weighted by Crippen LogP contribution is -1.91. The maximum absolute atomic E-state index is 7.01. The Morgan fingerprint density at radius 3 is 1.48 bits per heavy atom. The summed E-state index contributed by atoms with van der Waals surface area (Å²) in [4.78, 5) is 0. The molecule has 0 atom stereocenters. The molecule has 0 amide bonds. The molecule has 0 radical (unpaired) electrons. The van der Waals surface area contributed by atoms with Crippen LogP contribution >= 0.6 is 11.3 Å². The van der Waals surface area contributed by atoms with Gasteiger partial charge in [-0.25, -0.2) is 0 Å². The van der Waals surface area contributed by atoms with Gasteiger partial charge in [-0.15, -0.1) is 11.3 Å². The second-order valence-corrected chi connectivity index (χ2v) is 11.9. The van der Waals surface area contributed by atoms with Crippen LogP contribution in [0, 0.1) is 0 Å². The topological polar surface area (TPSA) is 13.1 Å². The summed E-state index contributed by atoms with van der Waals surface area (Å²) < 4.78 is 9.56. The summed E-state index contributed by atoms with van der Waals surface area (Å²) in [5.74, 6) is 0.921. The number of benzene rings is 7. The van der Waals surface area contributed by atoms with E-state index in [1.54, 1.807) is 0 Å². The molecule has 0 N–H and O–H groups in total. The van der Waals surface area contributed by atoms with Gasteiger partial charge in [-0.05, 0) is 56.4 Å². The van der Waals surface area contributed by atoms with Gasteiger partial charge in [0, 0.05) is 36.7 Å². The average Bonchev–Trinajstić information content (AvgIpc) is 3.60. The second kappa shape index (κ2) is 9.17. The zero-order valence-corrected chi connectivity index (χ0v) is 23.5. The van der Waals surface area contributed by atoms with Crippen LogP contribution in [0.2, 0.25) is 0 Å². The lowest BCUT2D eigenvalue weighted by molar-refractivity contribution is 0.634. The minimum Gasteiger partial charge on any atom is -0.455 e. The molecule has 196 valence electrons. The highest BCUT2D eigenvalue weighted by atomic mass is 32.1. The van der Waals surface area contributed by atoms with Gasteiger partial charge >= 0.3 is 0 Å². The van der Waals surface area contributed by atoms with Crippen LogP contribution in [0.1, 0.15) is 0 Å². The summed E-state index contributed by atoms with van der Waals surface area (Å²) in [6.07, 6.45) is 0. The van der Waals surface area contributed by atoms with E-state index < -0.39 is 0 Å². The molecule has 9 aromatic rings. The molecule has 0 fully saturated rings. The van der Waals surface area contributed by atoms with Crippen LogP contribution in [0.3, 0.4) is 0 Å². The Labute approximate surface area is 246 Å². The molecule has 0 aliphatic rings. The standard InChI is InChI=1S/C40H24OS/c1-3-13-25(14-4-1)37-28-18-7-9-20-30(28)39(31-21-10-8-19-29(31)37)40-38(26-15-5-2-6-16-26)33-23-32-27-17-11-12-22-35(27)42-36(32)24-34(33)41-40/h1-24H. The Bertz CT molecular complexity index is 2390. The van der Waals surface area contributed by atoms with E-state index in [2.05, 4.69) is 146 Å². The molecule has 2 aromatic heterocycles. The third-order valence-electron chi connectivity index (χ3n) is 8.47. The maximum Gasteiger partial charge on any atom is 0.144 e. The van der Waals surface area contributed by atoms with E-state index in [1.807, 2.05) is 11.3 Å². The van der Waals surface area contributed by atoms with Crippen molar-refractivity contribution in [3.63, 3.8) is 0 Å². The monoisotopic (exact) mass is 552 g/mol. The van der Waals surface area contributed by atoms with Gasteiger partial charge in [0.05, 0.1) is 0 Å². The van der Waals surface area contributed by atoms with E-state index in [0.29, 0.717) is 0 Å². The molecule has 0 saturated carbocycles. The average molecular weight is 553 g/mol. The van der Waals surface area contributed by atoms with Gasteiger partial charge < -0.3 is 4.42 Å². The Kier molecular flexibility index (Phi) is 5.13. The first kappa shape index (κ1) is 23.5.